The Labute approximate surface area is 186 Å². The number of hydrogen-bond donors (Lipinski definition) is 2. The van der Waals surface area contributed by atoms with E-state index < -0.39 is 0 Å². The third-order valence-electron chi connectivity index (χ3n) is 4.92. The van der Waals surface area contributed by atoms with E-state index in [2.05, 4.69) is 22.8 Å². The van der Waals surface area contributed by atoms with Crippen LogP contribution in [0.25, 0.3) is 0 Å². The van der Waals surface area contributed by atoms with Gasteiger partial charge in [-0.1, -0.05) is 83.9 Å². The van der Waals surface area contributed by atoms with Crippen molar-refractivity contribution in [2.24, 2.45) is 0 Å². The zero-order valence-corrected chi connectivity index (χ0v) is 18.1. The van der Waals surface area contributed by atoms with Crippen LogP contribution in [0, 0.1) is 22.7 Å². The molecule has 0 bridgehead atoms. The van der Waals surface area contributed by atoms with Crippen LogP contribution in [0.15, 0.2) is 60.7 Å². The number of hydrogen-bond acceptors (Lipinski definition) is 4. The number of halogens is 2. The number of nitrogens with one attached hydrogen (secondary N) is 2. The van der Waals surface area contributed by atoms with E-state index in [-0.39, 0.29) is 33.3 Å². The zero-order valence-electron chi connectivity index (χ0n) is 16.6. The van der Waals surface area contributed by atoms with Crippen LogP contribution in [0.1, 0.15) is 48.2 Å². The maximum absolute atomic E-state index is 9.72. The summed E-state index contributed by atoms with van der Waals surface area (Å²) in [4.78, 5) is 0. The average Bonchev–Trinajstić information content (AvgIpc) is 2.78. The molecule has 0 aliphatic carbocycles. The molecular formula is C24H20Cl2N4. The monoisotopic (exact) mass is 434 g/mol. The molecule has 0 fully saturated rings. The molecule has 3 rings (SSSR count). The average molecular weight is 435 g/mol. The Morgan fingerprint density at radius 2 is 1.03 bits per heavy atom. The SMILES string of the molecule is C[C@@H](Nc1c(Cl)c(N[C@H](C)c2ccccc2)c(C#N)c(Cl)c1C#N)c1ccccc1. The summed E-state index contributed by atoms with van der Waals surface area (Å²) in [6.45, 7) is 3.94. The second-order valence-electron chi connectivity index (χ2n) is 6.90. The fraction of sp³-hybridized carbons (Fsp3) is 0.167. The quantitative estimate of drug-likeness (QED) is 0.434. The smallest absolute Gasteiger partial charge is 0.103 e. The second-order valence-corrected chi connectivity index (χ2v) is 7.66. The molecule has 0 heterocycles. The number of nitrogens with zero attached hydrogens (tertiary/aromatic N) is 2. The molecule has 0 aliphatic rings. The Kier molecular flexibility index (Phi) is 6.85. The first-order valence-corrected chi connectivity index (χ1v) is 10.2. The highest BCUT2D eigenvalue weighted by molar-refractivity contribution is 6.40. The maximum Gasteiger partial charge on any atom is 0.103 e. The molecule has 2 atom stereocenters. The van der Waals surface area contributed by atoms with Gasteiger partial charge >= 0.3 is 0 Å². The van der Waals surface area contributed by atoms with Gasteiger partial charge in [0.05, 0.1) is 32.5 Å². The van der Waals surface area contributed by atoms with E-state index in [9.17, 15) is 10.5 Å². The first-order chi connectivity index (χ1) is 14.5. The molecule has 150 valence electrons. The van der Waals surface area contributed by atoms with Gasteiger partial charge in [0.2, 0.25) is 0 Å². The lowest BCUT2D eigenvalue weighted by molar-refractivity contribution is 0.877. The summed E-state index contributed by atoms with van der Waals surface area (Å²) < 4.78 is 0. The van der Waals surface area contributed by atoms with Crippen LogP contribution in [-0.4, -0.2) is 0 Å². The first-order valence-electron chi connectivity index (χ1n) is 9.46. The summed E-state index contributed by atoms with van der Waals surface area (Å²) in [5.74, 6) is 0. The van der Waals surface area contributed by atoms with Crippen molar-refractivity contribution < 1.29 is 0 Å². The van der Waals surface area contributed by atoms with Gasteiger partial charge in [0.1, 0.15) is 12.1 Å². The third kappa shape index (κ3) is 4.36. The van der Waals surface area contributed by atoms with Crippen molar-refractivity contribution in [1.82, 2.24) is 0 Å². The summed E-state index contributed by atoms with van der Waals surface area (Å²) in [5.41, 5.74) is 3.18. The van der Waals surface area contributed by atoms with Crippen LogP contribution in [-0.2, 0) is 0 Å². The minimum absolute atomic E-state index is 0.0786. The number of rotatable bonds is 6. The van der Waals surface area contributed by atoms with Crippen molar-refractivity contribution in [1.29, 1.82) is 10.5 Å². The summed E-state index contributed by atoms with van der Waals surface area (Å²) in [6, 6.07) is 23.5. The molecule has 30 heavy (non-hydrogen) atoms. The van der Waals surface area contributed by atoms with E-state index in [0.717, 1.165) is 11.1 Å². The topological polar surface area (TPSA) is 71.6 Å². The lowest BCUT2D eigenvalue weighted by atomic mass is 10.0. The molecule has 3 aromatic carbocycles. The van der Waals surface area contributed by atoms with Gasteiger partial charge in [0.15, 0.2) is 0 Å². The van der Waals surface area contributed by atoms with Crippen molar-refractivity contribution in [3.8, 4) is 12.1 Å². The third-order valence-corrected chi connectivity index (χ3v) is 5.68. The molecule has 0 amide bonds. The Hall–Kier alpha value is -3.18. The van der Waals surface area contributed by atoms with E-state index >= 15 is 0 Å². The van der Waals surface area contributed by atoms with Gasteiger partial charge in [-0.05, 0) is 25.0 Å². The second kappa shape index (κ2) is 9.55. The fourth-order valence-corrected chi connectivity index (χ4v) is 3.82. The van der Waals surface area contributed by atoms with Gasteiger partial charge in [0, 0.05) is 12.1 Å². The van der Waals surface area contributed by atoms with E-state index in [0.29, 0.717) is 11.4 Å². The van der Waals surface area contributed by atoms with Crippen LogP contribution >= 0.6 is 23.2 Å². The predicted octanol–water partition coefficient (Wildman–Crippen LogP) is 7.08. The maximum atomic E-state index is 9.72. The molecule has 0 radical (unpaired) electrons. The molecule has 0 aromatic heterocycles. The lowest BCUT2D eigenvalue weighted by Crippen LogP contribution is -2.13. The van der Waals surface area contributed by atoms with Crippen molar-refractivity contribution in [2.75, 3.05) is 10.6 Å². The van der Waals surface area contributed by atoms with Crippen LogP contribution in [0.2, 0.25) is 10.0 Å². The van der Waals surface area contributed by atoms with Gasteiger partial charge in [-0.3, -0.25) is 0 Å². The van der Waals surface area contributed by atoms with E-state index in [1.54, 1.807) is 0 Å². The molecule has 6 heteroatoms. The van der Waals surface area contributed by atoms with E-state index in [1.807, 2.05) is 74.5 Å². The molecule has 3 aromatic rings. The fourth-order valence-electron chi connectivity index (χ4n) is 3.25. The van der Waals surface area contributed by atoms with Crippen molar-refractivity contribution >= 4 is 34.6 Å². The Balaban J connectivity index is 2.07. The van der Waals surface area contributed by atoms with E-state index in [1.165, 1.54) is 0 Å². The van der Waals surface area contributed by atoms with Gasteiger partial charge in [-0.15, -0.1) is 0 Å². The highest BCUT2D eigenvalue weighted by atomic mass is 35.5. The molecule has 0 saturated carbocycles. The van der Waals surface area contributed by atoms with Gasteiger partial charge in [-0.25, -0.2) is 0 Å². The number of nitriles is 2. The summed E-state index contributed by atoms with van der Waals surface area (Å²) in [6.07, 6.45) is 0. The molecule has 0 spiro atoms. The van der Waals surface area contributed by atoms with Crippen molar-refractivity contribution in [3.05, 3.63) is 93.0 Å². The minimum Gasteiger partial charge on any atom is -0.376 e. The first kappa shape index (κ1) is 21.5. The number of anilines is 2. The Morgan fingerprint density at radius 3 is 1.37 bits per heavy atom. The zero-order chi connectivity index (χ0) is 21.7. The van der Waals surface area contributed by atoms with Gasteiger partial charge < -0.3 is 10.6 Å². The molecule has 0 aliphatic heterocycles. The predicted molar refractivity (Wildman–Crippen MR) is 123 cm³/mol. The van der Waals surface area contributed by atoms with Gasteiger partial charge in [-0.2, -0.15) is 10.5 Å². The van der Waals surface area contributed by atoms with Crippen molar-refractivity contribution in [2.45, 2.75) is 25.9 Å². The standard InChI is InChI=1S/C24H20Cl2N4/c1-15(17-9-5-3-6-10-17)29-23-19(13-27)21(25)20(14-28)24(22(23)26)30-16(2)18-11-7-4-8-12-18/h3-12,15-16,29-30H,1-2H3/t15-,16-/m1/s1. The lowest BCUT2D eigenvalue weighted by Gasteiger charge is -2.23. The summed E-state index contributed by atoms with van der Waals surface area (Å²) in [5, 5.41) is 26.4. The molecule has 4 nitrogen and oxygen atoms in total. The van der Waals surface area contributed by atoms with E-state index in [4.69, 9.17) is 23.2 Å². The van der Waals surface area contributed by atoms with Crippen LogP contribution in [0.5, 0.6) is 0 Å². The Bertz CT molecular complexity index is 1030. The normalized spacial score (nSPS) is 12.3. The largest absolute Gasteiger partial charge is 0.376 e. The molecule has 2 N–H and O–H groups in total. The highest BCUT2D eigenvalue weighted by Gasteiger charge is 2.24. The molecular weight excluding hydrogens is 415 g/mol. The van der Waals surface area contributed by atoms with Crippen LogP contribution in [0.3, 0.4) is 0 Å². The summed E-state index contributed by atoms with van der Waals surface area (Å²) >= 11 is 13.2. The highest BCUT2D eigenvalue weighted by Crippen LogP contribution is 2.44. The molecule has 0 unspecified atom stereocenters. The van der Waals surface area contributed by atoms with Gasteiger partial charge in [0.25, 0.3) is 0 Å². The molecule has 0 saturated heterocycles. The number of benzene rings is 3. The minimum atomic E-state index is -0.126. The summed E-state index contributed by atoms with van der Waals surface area (Å²) in [7, 11) is 0. The van der Waals surface area contributed by atoms with Crippen molar-refractivity contribution in [3.63, 3.8) is 0 Å². The Morgan fingerprint density at radius 1 is 0.667 bits per heavy atom. The van der Waals surface area contributed by atoms with Crippen LogP contribution < -0.4 is 10.6 Å². The van der Waals surface area contributed by atoms with Crippen LogP contribution in [0.4, 0.5) is 11.4 Å².